The van der Waals surface area contributed by atoms with Crippen LogP contribution >= 0.6 is 11.3 Å². The molecular weight excluding hydrogens is 386 g/mol. The summed E-state index contributed by atoms with van der Waals surface area (Å²) in [5, 5.41) is 4.11. The molecule has 0 unspecified atom stereocenters. The second-order valence-corrected chi connectivity index (χ2v) is 12.4. The lowest BCUT2D eigenvalue weighted by Gasteiger charge is -2.31. The molecule has 0 aliphatic heterocycles. The first-order chi connectivity index (χ1) is 14.3. The quantitative estimate of drug-likeness (QED) is 0.324. The third kappa shape index (κ3) is 3.03. The number of aryl methyl sites for hydroxylation is 1. The largest absolute Gasteiger partial charge is 0.245 e. The number of benzene rings is 4. The summed E-state index contributed by atoms with van der Waals surface area (Å²) in [6, 6.07) is 39.5. The smallest absolute Gasteiger partial charge is 0.215 e. The van der Waals surface area contributed by atoms with Gasteiger partial charge in [0.05, 0.1) is 14.8 Å². The maximum absolute atomic E-state index is 5.24. The first-order valence-corrected chi connectivity index (χ1v) is 12.6. The van der Waals surface area contributed by atoms with Crippen molar-refractivity contribution in [2.24, 2.45) is 0 Å². The second-order valence-electron chi connectivity index (χ2n) is 7.34. The highest BCUT2D eigenvalue weighted by Gasteiger charge is 2.44. The van der Waals surface area contributed by atoms with Gasteiger partial charge in [0, 0.05) is 0 Å². The molecule has 0 spiro atoms. The number of hydrogen-bond donors (Lipinski definition) is 0. The summed E-state index contributed by atoms with van der Waals surface area (Å²) in [5.74, 6) is 0. The summed E-state index contributed by atoms with van der Waals surface area (Å²) in [4.78, 5) is 5.24. The van der Waals surface area contributed by atoms with E-state index in [1.165, 1.54) is 30.5 Å². The normalized spacial score (nSPS) is 11.6. The Kier molecular flexibility index (Phi) is 4.62. The number of rotatable bonds is 4. The van der Waals surface area contributed by atoms with Crippen LogP contribution < -0.4 is 20.2 Å². The van der Waals surface area contributed by atoms with Gasteiger partial charge in [-0.1, -0.05) is 97.1 Å². The van der Waals surface area contributed by atoms with Gasteiger partial charge in [-0.2, -0.15) is 0 Å². The summed E-state index contributed by atoms with van der Waals surface area (Å²) in [5.41, 5.74) is 2.37. The first-order valence-electron chi connectivity index (χ1n) is 9.83. The van der Waals surface area contributed by atoms with Gasteiger partial charge in [-0.05, 0) is 40.2 Å². The van der Waals surface area contributed by atoms with Gasteiger partial charge in [0.25, 0.3) is 0 Å². The molecule has 29 heavy (non-hydrogen) atoms. The van der Waals surface area contributed by atoms with Gasteiger partial charge in [-0.25, -0.2) is 4.98 Å². The Morgan fingerprint density at radius 1 is 0.621 bits per heavy atom. The van der Waals surface area contributed by atoms with E-state index in [-0.39, 0.29) is 0 Å². The molecule has 0 N–H and O–H groups in total. The van der Waals surface area contributed by atoms with Crippen LogP contribution in [0.5, 0.6) is 0 Å². The zero-order valence-corrected chi connectivity index (χ0v) is 18.1. The van der Waals surface area contributed by atoms with Gasteiger partial charge in [0.15, 0.2) is 0 Å². The van der Waals surface area contributed by atoms with Crippen molar-refractivity contribution in [1.29, 1.82) is 0 Å². The maximum atomic E-state index is 5.24. The van der Waals surface area contributed by atoms with Crippen LogP contribution in [0.2, 0.25) is 0 Å². The molecule has 1 heterocycles. The molecular formula is C26H21NSSi. The lowest BCUT2D eigenvalue weighted by molar-refractivity contribution is 1.48. The highest BCUT2D eigenvalue weighted by molar-refractivity contribution is 7.38. The average molecular weight is 408 g/mol. The molecule has 3 heteroatoms. The van der Waals surface area contributed by atoms with E-state index in [0.29, 0.717) is 0 Å². The molecule has 1 aromatic heterocycles. The predicted molar refractivity (Wildman–Crippen MR) is 128 cm³/mol. The molecule has 0 atom stereocenters. The lowest BCUT2D eigenvalue weighted by Crippen LogP contribution is -2.74. The van der Waals surface area contributed by atoms with E-state index in [9.17, 15) is 0 Å². The molecule has 0 saturated carbocycles. The van der Waals surface area contributed by atoms with Crippen LogP contribution in [0.15, 0.2) is 109 Å². The topological polar surface area (TPSA) is 12.9 Å². The van der Waals surface area contributed by atoms with E-state index in [2.05, 4.69) is 116 Å². The van der Waals surface area contributed by atoms with Crippen LogP contribution in [-0.2, 0) is 0 Å². The molecule has 5 rings (SSSR count). The van der Waals surface area contributed by atoms with Crippen molar-refractivity contribution in [2.45, 2.75) is 6.92 Å². The van der Waals surface area contributed by atoms with Gasteiger partial charge in [0.1, 0.15) is 0 Å². The Hall–Kier alpha value is -3.01. The van der Waals surface area contributed by atoms with Crippen LogP contribution in [0.3, 0.4) is 0 Å². The third-order valence-corrected chi connectivity index (χ3v) is 11.9. The monoisotopic (exact) mass is 407 g/mol. The fourth-order valence-electron chi connectivity index (χ4n) is 4.13. The summed E-state index contributed by atoms with van der Waals surface area (Å²) >= 11 is 1.85. The summed E-state index contributed by atoms with van der Waals surface area (Å²) in [7, 11) is -2.49. The molecule has 5 aromatic rings. The fourth-order valence-corrected chi connectivity index (χ4v) is 11.1. The number of nitrogens with zero attached hydrogens (tertiary/aromatic N) is 1. The zero-order valence-electron chi connectivity index (χ0n) is 16.2. The second kappa shape index (κ2) is 7.43. The van der Waals surface area contributed by atoms with Gasteiger partial charge in [-0.15, -0.1) is 11.3 Å². The Morgan fingerprint density at radius 2 is 1.10 bits per heavy atom. The van der Waals surface area contributed by atoms with Crippen molar-refractivity contribution in [3.05, 3.63) is 115 Å². The molecule has 0 aliphatic rings. The van der Waals surface area contributed by atoms with E-state index >= 15 is 0 Å². The zero-order chi connectivity index (χ0) is 19.7. The molecule has 140 valence electrons. The van der Waals surface area contributed by atoms with E-state index in [0.717, 1.165) is 5.52 Å². The molecule has 0 aliphatic carbocycles. The van der Waals surface area contributed by atoms with Crippen LogP contribution in [0.25, 0.3) is 10.2 Å². The van der Waals surface area contributed by atoms with E-state index in [1.54, 1.807) is 0 Å². The van der Waals surface area contributed by atoms with Gasteiger partial charge < -0.3 is 0 Å². The summed E-state index contributed by atoms with van der Waals surface area (Å²) < 4.78 is 2.50. The molecule has 0 fully saturated rings. The highest BCUT2D eigenvalue weighted by Crippen LogP contribution is 2.21. The van der Waals surface area contributed by atoms with Crippen LogP contribution in [0, 0.1) is 6.92 Å². The Bertz CT molecular complexity index is 1150. The molecule has 0 radical (unpaired) electrons. The molecule has 4 aromatic carbocycles. The summed E-state index contributed by atoms with van der Waals surface area (Å²) in [6.45, 7) is 2.15. The maximum Gasteiger partial charge on any atom is 0.215 e. The third-order valence-electron chi connectivity index (χ3n) is 5.49. The summed E-state index contributed by atoms with van der Waals surface area (Å²) in [6.07, 6.45) is 0. The minimum Gasteiger partial charge on any atom is -0.245 e. The first kappa shape index (κ1) is 18.0. The van der Waals surface area contributed by atoms with Gasteiger partial charge in [-0.3, -0.25) is 0 Å². The van der Waals surface area contributed by atoms with E-state index in [1.807, 2.05) is 11.3 Å². The predicted octanol–water partition coefficient (Wildman–Crippen LogP) is 3.98. The number of thiazole rings is 1. The van der Waals surface area contributed by atoms with Crippen LogP contribution in [-0.4, -0.2) is 13.1 Å². The molecule has 0 amide bonds. The van der Waals surface area contributed by atoms with Crippen molar-refractivity contribution >= 4 is 49.8 Å². The standard InChI is InChI=1S/C26H21NSSi/c1-20-17-18-24-25(19-20)28-26(27-24)29(21-11-5-2-6-12-21,22-13-7-3-8-14-22)23-15-9-4-10-16-23/h2-19H,1H3. The van der Waals surface area contributed by atoms with Gasteiger partial charge >= 0.3 is 0 Å². The minimum absolute atomic E-state index is 1.09. The minimum atomic E-state index is -2.49. The SMILES string of the molecule is Cc1ccc2nc([Si](c3ccccc3)(c3ccccc3)c3ccccc3)sc2c1. The Labute approximate surface area is 176 Å². The number of hydrogen-bond acceptors (Lipinski definition) is 2. The van der Waals surface area contributed by atoms with E-state index < -0.39 is 8.07 Å². The number of fused-ring (bicyclic) bond motifs is 1. The van der Waals surface area contributed by atoms with Crippen molar-refractivity contribution in [1.82, 2.24) is 4.98 Å². The van der Waals surface area contributed by atoms with Crippen LogP contribution in [0.1, 0.15) is 5.56 Å². The van der Waals surface area contributed by atoms with E-state index in [4.69, 9.17) is 4.98 Å². The number of aromatic nitrogens is 1. The Balaban J connectivity index is 1.92. The average Bonchev–Trinajstić information content (AvgIpc) is 3.20. The highest BCUT2D eigenvalue weighted by atomic mass is 32.1. The molecule has 1 nitrogen and oxygen atoms in total. The van der Waals surface area contributed by atoms with Gasteiger partial charge in [0.2, 0.25) is 8.07 Å². The van der Waals surface area contributed by atoms with Crippen LogP contribution in [0.4, 0.5) is 0 Å². The van der Waals surface area contributed by atoms with Crippen molar-refractivity contribution in [3.8, 4) is 0 Å². The van der Waals surface area contributed by atoms with Crippen molar-refractivity contribution in [3.63, 3.8) is 0 Å². The molecule has 0 bridgehead atoms. The van der Waals surface area contributed by atoms with Crippen molar-refractivity contribution < 1.29 is 0 Å². The lowest BCUT2D eigenvalue weighted by atomic mass is 10.2. The molecule has 0 saturated heterocycles. The fraction of sp³-hybridized carbons (Fsp3) is 0.0385. The Morgan fingerprint density at radius 3 is 1.59 bits per heavy atom. The van der Waals surface area contributed by atoms with Crippen molar-refractivity contribution in [2.75, 3.05) is 0 Å².